The average Bonchev–Trinajstić information content (AvgIpc) is 2.86. The van der Waals surface area contributed by atoms with E-state index in [1.165, 1.54) is 11.3 Å². The average molecular weight is 283 g/mol. The highest BCUT2D eigenvalue weighted by atomic mass is 35.5. The molecule has 0 aliphatic carbocycles. The zero-order valence-corrected chi connectivity index (χ0v) is 11.0. The van der Waals surface area contributed by atoms with Crippen LogP contribution in [0.1, 0.15) is 0 Å². The zero-order valence-electron chi connectivity index (χ0n) is 9.43. The van der Waals surface area contributed by atoms with E-state index in [2.05, 4.69) is 10.3 Å². The molecule has 2 rings (SSSR count). The summed E-state index contributed by atoms with van der Waals surface area (Å²) in [6.07, 6.45) is -0.537. The summed E-state index contributed by atoms with van der Waals surface area (Å²) in [4.78, 5) is 15.6. The summed E-state index contributed by atoms with van der Waals surface area (Å²) in [5, 5.41) is 4.94. The van der Waals surface area contributed by atoms with E-state index in [0.717, 1.165) is 11.3 Å². The number of anilines is 1. The molecule has 0 radical (unpaired) electrons. The number of carbonyl (C=O) groups is 1. The lowest BCUT2D eigenvalue weighted by Gasteiger charge is -2.01. The maximum Gasteiger partial charge on any atom is 0.413 e. The number of nitrogens with zero attached hydrogens (tertiary/aromatic N) is 1. The summed E-state index contributed by atoms with van der Waals surface area (Å²) >= 11 is 6.76. The third-order valence-electron chi connectivity index (χ3n) is 2.09. The van der Waals surface area contributed by atoms with E-state index in [1.807, 2.05) is 35.7 Å². The van der Waals surface area contributed by atoms with E-state index in [1.54, 1.807) is 0 Å². The highest BCUT2D eigenvalue weighted by Gasteiger charge is 2.08. The molecule has 1 N–H and O–H groups in total. The van der Waals surface area contributed by atoms with Gasteiger partial charge in [0, 0.05) is 10.9 Å². The van der Waals surface area contributed by atoms with Crippen LogP contribution in [0.25, 0.3) is 11.3 Å². The van der Waals surface area contributed by atoms with Crippen LogP contribution in [0.5, 0.6) is 0 Å². The number of rotatable bonds is 4. The standard InChI is InChI=1S/C12H11ClN2O2S/c13-6-7-17-12(16)15-11-14-10(8-18-11)9-4-2-1-3-5-9/h1-5,8H,6-7H2,(H,14,15,16). The van der Waals surface area contributed by atoms with Crippen LogP contribution in [0, 0.1) is 0 Å². The molecule has 1 aromatic carbocycles. The molecule has 1 amide bonds. The van der Waals surface area contributed by atoms with Crippen molar-refractivity contribution in [1.82, 2.24) is 4.98 Å². The monoisotopic (exact) mass is 282 g/mol. The quantitative estimate of drug-likeness (QED) is 0.872. The number of nitrogens with one attached hydrogen (secondary N) is 1. The number of hydrogen-bond acceptors (Lipinski definition) is 4. The Hall–Kier alpha value is -1.59. The summed E-state index contributed by atoms with van der Waals surface area (Å²) in [7, 11) is 0. The minimum absolute atomic E-state index is 0.185. The van der Waals surface area contributed by atoms with Gasteiger partial charge >= 0.3 is 6.09 Å². The Bertz CT molecular complexity index is 516. The van der Waals surface area contributed by atoms with Crippen LogP contribution in [0.3, 0.4) is 0 Å². The second-order valence-corrected chi connectivity index (χ2v) is 4.59. The predicted octanol–water partition coefficient (Wildman–Crippen LogP) is 3.60. The number of benzene rings is 1. The minimum Gasteiger partial charge on any atom is -0.448 e. The van der Waals surface area contributed by atoms with E-state index < -0.39 is 6.09 Å². The zero-order chi connectivity index (χ0) is 12.8. The molecule has 18 heavy (non-hydrogen) atoms. The summed E-state index contributed by atoms with van der Waals surface area (Å²) in [5.41, 5.74) is 1.84. The number of alkyl halides is 1. The number of halogens is 1. The van der Waals surface area contributed by atoms with Crippen molar-refractivity contribution in [2.75, 3.05) is 17.8 Å². The number of ether oxygens (including phenoxy) is 1. The van der Waals surface area contributed by atoms with Crippen molar-refractivity contribution in [3.05, 3.63) is 35.7 Å². The third kappa shape index (κ3) is 3.45. The van der Waals surface area contributed by atoms with E-state index in [-0.39, 0.29) is 12.5 Å². The molecule has 6 heteroatoms. The lowest BCUT2D eigenvalue weighted by atomic mass is 10.2. The van der Waals surface area contributed by atoms with Crippen molar-refractivity contribution in [2.24, 2.45) is 0 Å². The molecule has 0 aliphatic heterocycles. The lowest BCUT2D eigenvalue weighted by molar-refractivity contribution is 0.168. The summed E-state index contributed by atoms with van der Waals surface area (Å²) in [6, 6.07) is 9.75. The van der Waals surface area contributed by atoms with Crippen molar-refractivity contribution in [2.45, 2.75) is 0 Å². The van der Waals surface area contributed by atoms with Gasteiger partial charge < -0.3 is 4.74 Å². The van der Waals surface area contributed by atoms with Crippen molar-refractivity contribution in [1.29, 1.82) is 0 Å². The Morgan fingerprint density at radius 1 is 1.39 bits per heavy atom. The topological polar surface area (TPSA) is 51.2 Å². The van der Waals surface area contributed by atoms with Crippen LogP contribution < -0.4 is 5.32 Å². The normalized spacial score (nSPS) is 10.1. The Morgan fingerprint density at radius 3 is 2.89 bits per heavy atom. The maximum absolute atomic E-state index is 11.3. The van der Waals surface area contributed by atoms with E-state index in [0.29, 0.717) is 5.13 Å². The Balaban J connectivity index is 2.00. The van der Waals surface area contributed by atoms with Crippen LogP contribution in [0.15, 0.2) is 35.7 Å². The minimum atomic E-state index is -0.537. The van der Waals surface area contributed by atoms with Crippen molar-refractivity contribution < 1.29 is 9.53 Å². The van der Waals surface area contributed by atoms with Crippen LogP contribution >= 0.6 is 22.9 Å². The molecular weight excluding hydrogens is 272 g/mol. The SMILES string of the molecule is O=C(Nc1nc(-c2ccccc2)cs1)OCCCl. The molecule has 0 unspecified atom stereocenters. The van der Waals surface area contributed by atoms with Crippen LogP contribution in [-0.2, 0) is 4.74 Å². The van der Waals surface area contributed by atoms with Crippen LogP contribution in [-0.4, -0.2) is 23.6 Å². The van der Waals surface area contributed by atoms with Crippen molar-refractivity contribution >= 4 is 34.2 Å². The fraction of sp³-hybridized carbons (Fsp3) is 0.167. The van der Waals surface area contributed by atoms with E-state index >= 15 is 0 Å². The number of hydrogen-bond donors (Lipinski definition) is 1. The predicted molar refractivity (Wildman–Crippen MR) is 73.2 cm³/mol. The number of aromatic nitrogens is 1. The molecule has 0 saturated carbocycles. The second-order valence-electron chi connectivity index (χ2n) is 3.35. The number of amides is 1. The summed E-state index contributed by atoms with van der Waals surface area (Å²) in [5.74, 6) is 0.278. The van der Waals surface area contributed by atoms with Gasteiger partial charge in [-0.2, -0.15) is 0 Å². The number of carbonyl (C=O) groups excluding carboxylic acids is 1. The van der Waals surface area contributed by atoms with Gasteiger partial charge in [-0.3, -0.25) is 5.32 Å². The molecule has 0 spiro atoms. The van der Waals surface area contributed by atoms with Gasteiger partial charge in [0.2, 0.25) is 0 Å². The smallest absolute Gasteiger partial charge is 0.413 e. The molecule has 1 heterocycles. The molecule has 94 valence electrons. The fourth-order valence-corrected chi connectivity index (χ4v) is 2.11. The van der Waals surface area contributed by atoms with Gasteiger partial charge in [0.15, 0.2) is 5.13 Å². The summed E-state index contributed by atoms with van der Waals surface area (Å²) in [6.45, 7) is 0.185. The first-order chi connectivity index (χ1) is 8.79. The molecule has 0 saturated heterocycles. The largest absolute Gasteiger partial charge is 0.448 e. The highest BCUT2D eigenvalue weighted by Crippen LogP contribution is 2.24. The molecule has 4 nitrogen and oxygen atoms in total. The van der Waals surface area contributed by atoms with Gasteiger partial charge in [0.05, 0.1) is 11.6 Å². The Morgan fingerprint density at radius 2 is 2.17 bits per heavy atom. The molecule has 2 aromatic rings. The van der Waals surface area contributed by atoms with E-state index in [4.69, 9.17) is 16.3 Å². The van der Waals surface area contributed by atoms with Crippen molar-refractivity contribution in [3.63, 3.8) is 0 Å². The molecular formula is C12H11ClN2O2S. The van der Waals surface area contributed by atoms with Crippen LogP contribution in [0.2, 0.25) is 0 Å². The molecule has 0 bridgehead atoms. The van der Waals surface area contributed by atoms with Gasteiger partial charge in [0.1, 0.15) is 6.61 Å². The highest BCUT2D eigenvalue weighted by molar-refractivity contribution is 7.14. The molecule has 0 atom stereocenters. The number of thiazole rings is 1. The molecule has 0 aliphatic rings. The van der Waals surface area contributed by atoms with Gasteiger partial charge in [-0.15, -0.1) is 22.9 Å². The summed E-state index contributed by atoms with van der Waals surface area (Å²) < 4.78 is 4.79. The van der Waals surface area contributed by atoms with Crippen LogP contribution in [0.4, 0.5) is 9.93 Å². The van der Waals surface area contributed by atoms with Crippen molar-refractivity contribution in [3.8, 4) is 11.3 Å². The van der Waals surface area contributed by atoms with Gasteiger partial charge in [-0.25, -0.2) is 9.78 Å². The van der Waals surface area contributed by atoms with E-state index in [9.17, 15) is 4.79 Å². The third-order valence-corrected chi connectivity index (χ3v) is 3.01. The Labute approximate surface area is 114 Å². The maximum atomic E-state index is 11.3. The first-order valence-electron chi connectivity index (χ1n) is 5.30. The Kier molecular flexibility index (Phi) is 4.55. The second kappa shape index (κ2) is 6.37. The fourth-order valence-electron chi connectivity index (χ4n) is 1.33. The molecule has 1 aromatic heterocycles. The lowest BCUT2D eigenvalue weighted by Crippen LogP contribution is -2.14. The molecule has 0 fully saturated rings. The van der Waals surface area contributed by atoms with Gasteiger partial charge in [-0.05, 0) is 0 Å². The van der Waals surface area contributed by atoms with Gasteiger partial charge in [0.25, 0.3) is 0 Å². The first-order valence-corrected chi connectivity index (χ1v) is 6.71. The van der Waals surface area contributed by atoms with Gasteiger partial charge in [-0.1, -0.05) is 30.3 Å². The first kappa shape index (κ1) is 12.9.